The second kappa shape index (κ2) is 15.4. The summed E-state index contributed by atoms with van der Waals surface area (Å²) in [5.41, 5.74) is 6.10. The molecule has 0 atom stereocenters. The number of β-amino-alcohol motifs (C(OH)–C–C–N with tert-alkyl or cyclic N) is 1. The van der Waals surface area contributed by atoms with Crippen LogP contribution in [0.4, 0.5) is 28.8 Å². The molecule has 6 rings (SSSR count). The van der Waals surface area contributed by atoms with E-state index in [2.05, 4.69) is 88.6 Å². The van der Waals surface area contributed by atoms with Crippen LogP contribution < -0.4 is 25.6 Å². The lowest BCUT2D eigenvalue weighted by atomic mass is 9.99. The lowest BCUT2D eigenvalue weighted by molar-refractivity contribution is 0.0747. The molecule has 0 aliphatic carbocycles. The number of aromatic nitrogens is 4. The van der Waals surface area contributed by atoms with E-state index in [1.54, 1.807) is 25.7 Å². The highest BCUT2D eigenvalue weighted by molar-refractivity contribution is 9.10. The van der Waals surface area contributed by atoms with Gasteiger partial charge in [0, 0.05) is 93.2 Å². The van der Waals surface area contributed by atoms with Crippen LogP contribution in [-0.4, -0.2) is 114 Å². The Hall–Kier alpha value is -3.15. The zero-order valence-electron chi connectivity index (χ0n) is 27.7. The van der Waals surface area contributed by atoms with E-state index in [-0.39, 0.29) is 6.61 Å². The summed E-state index contributed by atoms with van der Waals surface area (Å²) >= 11 is 3.65. The summed E-state index contributed by atoms with van der Waals surface area (Å²) in [5.74, 6) is 1.90. The maximum Gasteiger partial charge on any atom is 0.229 e. The minimum atomic E-state index is -0.472. The predicted octanol–water partition coefficient (Wildman–Crippen LogP) is 5.19. The highest BCUT2D eigenvalue weighted by Crippen LogP contribution is 2.38. The molecule has 0 spiro atoms. The molecule has 0 amide bonds. The van der Waals surface area contributed by atoms with Crippen molar-refractivity contribution in [1.29, 1.82) is 0 Å². The normalized spacial score (nSPS) is 16.6. The molecule has 13 heteroatoms. The van der Waals surface area contributed by atoms with Crippen molar-refractivity contribution in [3.05, 3.63) is 52.9 Å². The van der Waals surface area contributed by atoms with Crippen molar-refractivity contribution in [3.63, 3.8) is 0 Å². The molecule has 250 valence electrons. The van der Waals surface area contributed by atoms with Crippen molar-refractivity contribution in [2.45, 2.75) is 32.2 Å². The van der Waals surface area contributed by atoms with Gasteiger partial charge in [0.25, 0.3) is 0 Å². The maximum absolute atomic E-state index is 9.28. The Kier molecular flexibility index (Phi) is 11.0. The lowest BCUT2D eigenvalue weighted by Gasteiger charge is -2.43. The Bertz CT molecular complexity index is 1680. The third kappa shape index (κ3) is 7.62. The highest BCUT2D eigenvalue weighted by Gasteiger charge is 2.28. The van der Waals surface area contributed by atoms with Gasteiger partial charge in [0.05, 0.1) is 34.9 Å². The molecule has 0 saturated carbocycles. The number of hydrogen-bond donors (Lipinski definition) is 3. The third-order valence-electron chi connectivity index (χ3n) is 9.23. The molecule has 4 heterocycles. The largest absolute Gasteiger partial charge is 0.494 e. The number of nitrogens with zero attached hydrogens (tertiary/aromatic N) is 7. The van der Waals surface area contributed by atoms with E-state index in [0.29, 0.717) is 17.8 Å². The zero-order valence-corrected chi connectivity index (χ0v) is 30.2. The van der Waals surface area contributed by atoms with Crippen LogP contribution in [0.2, 0.25) is 0 Å². The number of aliphatic hydroxyl groups is 1. The fourth-order valence-electron chi connectivity index (χ4n) is 6.76. The Morgan fingerprint density at radius 3 is 2.45 bits per heavy atom. The van der Waals surface area contributed by atoms with E-state index in [4.69, 9.17) is 9.72 Å². The van der Waals surface area contributed by atoms with Crippen LogP contribution in [0.5, 0.6) is 5.75 Å². The van der Waals surface area contributed by atoms with Crippen molar-refractivity contribution in [2.24, 2.45) is 0 Å². The van der Waals surface area contributed by atoms with E-state index < -0.39 is 7.92 Å². The molecule has 2 aromatic carbocycles. The van der Waals surface area contributed by atoms with Crippen LogP contribution in [0.1, 0.15) is 25.3 Å². The number of anilines is 5. The number of aryl methyl sites for hydroxylation is 1. The molecular formula is C34H45BrN9O2P. The first-order chi connectivity index (χ1) is 22.9. The van der Waals surface area contributed by atoms with Gasteiger partial charge in [0.1, 0.15) is 11.6 Å². The molecule has 4 aromatic rings. The fraction of sp³-hybridized carbons (Fsp3) is 0.471. The SMILES string of the molecule is CCc1cc(Nc2ncc(Br)c(Nc3ccc4nccnc4c3P(C)C)n2)c(OC)cc1N1CCC(N2CCN(CCO)CC2)CC1. The Morgan fingerprint density at radius 1 is 0.979 bits per heavy atom. The molecule has 47 heavy (non-hydrogen) atoms. The van der Waals surface area contributed by atoms with E-state index in [0.717, 1.165) is 103 Å². The number of fused-ring (bicyclic) bond motifs is 1. The van der Waals surface area contributed by atoms with Gasteiger partial charge in [0.15, 0.2) is 0 Å². The molecule has 2 fully saturated rings. The van der Waals surface area contributed by atoms with E-state index in [1.165, 1.54) is 11.3 Å². The average molecular weight is 723 g/mol. The van der Waals surface area contributed by atoms with Gasteiger partial charge >= 0.3 is 0 Å². The zero-order chi connectivity index (χ0) is 32.9. The van der Waals surface area contributed by atoms with Gasteiger partial charge in [0.2, 0.25) is 5.95 Å². The number of halogens is 1. The van der Waals surface area contributed by atoms with Gasteiger partial charge in [-0.25, -0.2) is 4.98 Å². The fourth-order valence-corrected chi connectivity index (χ4v) is 8.26. The highest BCUT2D eigenvalue weighted by atomic mass is 79.9. The first kappa shape index (κ1) is 33.7. The molecule has 2 aliphatic rings. The third-order valence-corrected chi connectivity index (χ3v) is 11.2. The number of methoxy groups -OCH3 is 1. The van der Waals surface area contributed by atoms with Crippen LogP contribution in [0.15, 0.2) is 47.3 Å². The number of piperidine rings is 1. The smallest absolute Gasteiger partial charge is 0.229 e. The number of piperazine rings is 1. The molecule has 2 aliphatic heterocycles. The van der Waals surface area contributed by atoms with Crippen LogP contribution in [0.25, 0.3) is 11.0 Å². The lowest BCUT2D eigenvalue weighted by Crippen LogP contribution is -2.53. The van der Waals surface area contributed by atoms with Crippen molar-refractivity contribution in [1.82, 2.24) is 29.7 Å². The molecule has 0 bridgehead atoms. The van der Waals surface area contributed by atoms with E-state index in [9.17, 15) is 5.11 Å². The second-order valence-electron chi connectivity index (χ2n) is 12.3. The molecule has 0 unspecified atom stereocenters. The summed E-state index contributed by atoms with van der Waals surface area (Å²) in [6.07, 6.45) is 8.43. The Labute approximate surface area is 287 Å². The minimum absolute atomic E-state index is 0.243. The monoisotopic (exact) mass is 721 g/mol. The minimum Gasteiger partial charge on any atom is -0.494 e. The summed E-state index contributed by atoms with van der Waals surface area (Å²) < 4.78 is 6.68. The topological polar surface area (TPSA) is 115 Å². The molecule has 2 saturated heterocycles. The van der Waals surface area contributed by atoms with E-state index >= 15 is 0 Å². The summed E-state index contributed by atoms with van der Waals surface area (Å²) in [7, 11) is 1.24. The summed E-state index contributed by atoms with van der Waals surface area (Å²) in [6.45, 7) is 14.0. The number of nitrogens with one attached hydrogen (secondary N) is 2. The quantitative estimate of drug-likeness (QED) is 0.178. The number of benzene rings is 2. The van der Waals surface area contributed by atoms with Crippen molar-refractivity contribution in [3.8, 4) is 5.75 Å². The second-order valence-corrected chi connectivity index (χ2v) is 15.4. The van der Waals surface area contributed by atoms with Crippen LogP contribution in [0, 0.1) is 0 Å². The maximum atomic E-state index is 9.28. The molecular weight excluding hydrogens is 677 g/mol. The summed E-state index contributed by atoms with van der Waals surface area (Å²) in [6, 6.07) is 9.01. The summed E-state index contributed by atoms with van der Waals surface area (Å²) in [4.78, 5) is 26.1. The van der Waals surface area contributed by atoms with Crippen molar-refractivity contribution in [2.75, 3.05) is 88.4 Å². The number of ether oxygens (including phenoxy) is 1. The van der Waals surface area contributed by atoms with Gasteiger partial charge < -0.3 is 25.4 Å². The average Bonchev–Trinajstić information content (AvgIpc) is 3.09. The predicted molar refractivity (Wildman–Crippen MR) is 197 cm³/mol. The Balaban J connectivity index is 1.18. The van der Waals surface area contributed by atoms with E-state index in [1.807, 2.05) is 12.1 Å². The van der Waals surface area contributed by atoms with Crippen LogP contribution in [-0.2, 0) is 6.42 Å². The van der Waals surface area contributed by atoms with Crippen LogP contribution >= 0.6 is 23.9 Å². The number of rotatable bonds is 11. The van der Waals surface area contributed by atoms with Gasteiger partial charge in [-0.2, -0.15) is 4.98 Å². The first-order valence-corrected chi connectivity index (χ1v) is 19.4. The van der Waals surface area contributed by atoms with Crippen molar-refractivity contribution < 1.29 is 9.84 Å². The number of hydrogen-bond acceptors (Lipinski definition) is 11. The molecule has 11 nitrogen and oxygen atoms in total. The standard InChI is InChI=1S/C34H45BrN9O2P/c1-5-23-20-28(30(46-2)21-29(23)44-12-8-24(9-13-44)43-16-14-42(15-17-43)18-19-45)40-34-38-22-25(35)33(41-34)39-27-7-6-26-31(32(27)47(3)4)37-11-10-36-26/h6-7,10-11,20-22,24,45H,5,8-9,12-19H2,1-4H3,(H2,38,39,40,41). The van der Waals surface area contributed by atoms with Gasteiger partial charge in [-0.05, 0) is 72.3 Å². The van der Waals surface area contributed by atoms with Crippen molar-refractivity contribution >= 4 is 69.0 Å². The molecule has 0 radical (unpaired) electrons. The van der Waals surface area contributed by atoms with Gasteiger partial charge in [-0.15, -0.1) is 0 Å². The first-order valence-electron chi connectivity index (χ1n) is 16.4. The Morgan fingerprint density at radius 2 is 1.74 bits per heavy atom. The van der Waals surface area contributed by atoms with Gasteiger partial charge in [-0.3, -0.25) is 19.8 Å². The number of aliphatic hydroxyl groups excluding tert-OH is 1. The molecule has 2 aromatic heterocycles. The summed E-state index contributed by atoms with van der Waals surface area (Å²) in [5, 5.41) is 17.4. The van der Waals surface area contributed by atoms with Gasteiger partial charge in [-0.1, -0.05) is 14.8 Å². The molecule has 3 N–H and O–H groups in total. The van der Waals surface area contributed by atoms with Crippen LogP contribution in [0.3, 0.4) is 0 Å².